The van der Waals surface area contributed by atoms with Crippen LogP contribution < -0.4 is 16.6 Å². The molecule has 0 bridgehead atoms. The van der Waals surface area contributed by atoms with Crippen molar-refractivity contribution in [3.05, 3.63) is 0 Å². The Kier molecular flexibility index (Phi) is 8.80. The van der Waals surface area contributed by atoms with Gasteiger partial charge in [-0.15, -0.1) is 0 Å². The van der Waals surface area contributed by atoms with Crippen LogP contribution in [0, 0.1) is 0 Å². The van der Waals surface area contributed by atoms with Crippen molar-refractivity contribution in [2.24, 2.45) is 10.8 Å². The number of guanidine groups is 1. The molecule has 4 N–H and O–H groups in total. The van der Waals surface area contributed by atoms with Crippen molar-refractivity contribution in [1.29, 1.82) is 0 Å². The topological polar surface area (TPSA) is 65.7 Å². The lowest BCUT2D eigenvalue weighted by Crippen LogP contribution is -2.47. The van der Waals surface area contributed by atoms with E-state index in [1.807, 2.05) is 0 Å². The van der Waals surface area contributed by atoms with Gasteiger partial charge in [-0.2, -0.15) is 0 Å². The van der Waals surface area contributed by atoms with Gasteiger partial charge in [-0.05, 0) is 34.1 Å². The van der Waals surface area contributed by atoms with Crippen LogP contribution in [0.2, 0.25) is 0 Å². The van der Waals surface area contributed by atoms with Crippen molar-refractivity contribution in [2.75, 3.05) is 19.6 Å². The number of nitrogens with zero attached hydrogens (tertiary/aromatic N) is 2. The average molecular weight is 243 g/mol. The molecule has 0 radical (unpaired) electrons. The number of hydrazine groups is 1. The molecule has 0 rings (SSSR count). The number of hydrogen-bond acceptors (Lipinski definition) is 3. The first-order valence-electron chi connectivity index (χ1n) is 6.53. The normalized spacial score (nSPS) is 12.6. The Bertz CT molecular complexity index is 205. The first-order chi connectivity index (χ1) is 8.02. The second-order valence-corrected chi connectivity index (χ2v) is 4.73. The predicted octanol–water partition coefficient (Wildman–Crippen LogP) is 0.924. The molecule has 0 fully saturated rings. The minimum atomic E-state index is 0.554. The van der Waals surface area contributed by atoms with E-state index in [-0.39, 0.29) is 0 Å². The molecular weight excluding hydrogens is 214 g/mol. The molecule has 0 heterocycles. The molecule has 5 nitrogen and oxygen atoms in total. The summed E-state index contributed by atoms with van der Waals surface area (Å²) >= 11 is 0. The van der Waals surface area contributed by atoms with Gasteiger partial charge < -0.3 is 5.32 Å². The van der Waals surface area contributed by atoms with Crippen LogP contribution in [-0.2, 0) is 0 Å². The summed E-state index contributed by atoms with van der Waals surface area (Å²) in [5.41, 5.74) is 2.59. The molecule has 0 atom stereocenters. The zero-order chi connectivity index (χ0) is 13.3. The van der Waals surface area contributed by atoms with Crippen molar-refractivity contribution in [3.8, 4) is 0 Å². The maximum atomic E-state index is 5.39. The van der Waals surface area contributed by atoms with Gasteiger partial charge in [0.25, 0.3) is 0 Å². The number of nitrogens with two attached hydrogens (primary N) is 1. The number of hydrogen-bond donors (Lipinski definition) is 3. The first kappa shape index (κ1) is 16.2. The fourth-order valence-corrected chi connectivity index (χ4v) is 1.79. The lowest BCUT2D eigenvalue weighted by Gasteiger charge is -2.30. The molecule has 0 aliphatic carbocycles. The van der Waals surface area contributed by atoms with E-state index in [1.54, 1.807) is 0 Å². The van der Waals surface area contributed by atoms with Gasteiger partial charge in [-0.25, -0.2) is 5.84 Å². The third-order valence-electron chi connectivity index (χ3n) is 2.62. The van der Waals surface area contributed by atoms with Gasteiger partial charge in [0.2, 0.25) is 5.96 Å². The zero-order valence-corrected chi connectivity index (χ0v) is 12.0. The van der Waals surface area contributed by atoms with Crippen LogP contribution in [0.25, 0.3) is 0 Å². The largest absolute Gasteiger partial charge is 0.354 e. The molecule has 102 valence electrons. The van der Waals surface area contributed by atoms with Gasteiger partial charge in [-0.1, -0.05) is 6.92 Å². The van der Waals surface area contributed by atoms with Gasteiger partial charge in [0.15, 0.2) is 0 Å². The highest BCUT2D eigenvalue weighted by Crippen LogP contribution is 2.03. The fourth-order valence-electron chi connectivity index (χ4n) is 1.79. The fraction of sp³-hybridized carbons (Fsp3) is 0.917. The van der Waals surface area contributed by atoms with Crippen LogP contribution >= 0.6 is 0 Å². The van der Waals surface area contributed by atoms with Crippen LogP contribution in [0.1, 0.15) is 41.0 Å². The summed E-state index contributed by atoms with van der Waals surface area (Å²) in [4.78, 5) is 6.73. The number of aliphatic imine (C=N–C) groups is 1. The lowest BCUT2D eigenvalue weighted by molar-refractivity contribution is 0.178. The molecule has 5 heteroatoms. The van der Waals surface area contributed by atoms with E-state index in [0.29, 0.717) is 18.0 Å². The Morgan fingerprint density at radius 3 is 2.24 bits per heavy atom. The molecule has 0 aromatic rings. The summed E-state index contributed by atoms with van der Waals surface area (Å²) in [6, 6.07) is 1.11. The Labute approximate surface area is 106 Å². The van der Waals surface area contributed by atoms with E-state index in [1.165, 1.54) is 0 Å². The molecule has 17 heavy (non-hydrogen) atoms. The minimum absolute atomic E-state index is 0.554. The van der Waals surface area contributed by atoms with Crippen LogP contribution in [0.3, 0.4) is 0 Å². The summed E-state index contributed by atoms with van der Waals surface area (Å²) in [5.74, 6) is 6.07. The van der Waals surface area contributed by atoms with Gasteiger partial charge in [0.1, 0.15) is 0 Å². The third kappa shape index (κ3) is 7.18. The summed E-state index contributed by atoms with van der Waals surface area (Å²) < 4.78 is 0. The maximum absolute atomic E-state index is 5.39. The maximum Gasteiger partial charge on any atom is 0.205 e. The second-order valence-electron chi connectivity index (χ2n) is 4.73. The van der Waals surface area contributed by atoms with Crippen molar-refractivity contribution in [3.63, 3.8) is 0 Å². The van der Waals surface area contributed by atoms with Crippen molar-refractivity contribution >= 4 is 5.96 Å². The van der Waals surface area contributed by atoms with E-state index in [2.05, 4.69) is 55.3 Å². The third-order valence-corrected chi connectivity index (χ3v) is 2.62. The average Bonchev–Trinajstić information content (AvgIpc) is 2.27. The molecule has 0 aromatic carbocycles. The molecule has 0 amide bonds. The standard InChI is InChI=1S/C12H29N5/c1-6-7-14-12(16-13)15-8-9-17(10(2)3)11(4)5/h10-11H,6-9,13H2,1-5H3,(H2,14,15,16). The minimum Gasteiger partial charge on any atom is -0.354 e. The summed E-state index contributed by atoms with van der Waals surface area (Å²) in [6.45, 7) is 13.6. The van der Waals surface area contributed by atoms with Crippen LogP contribution in [0.5, 0.6) is 0 Å². The quantitative estimate of drug-likeness (QED) is 0.269. The molecular formula is C12H29N5. The number of rotatable bonds is 7. The van der Waals surface area contributed by atoms with Crippen LogP contribution in [0.4, 0.5) is 0 Å². The van der Waals surface area contributed by atoms with Crippen LogP contribution in [-0.4, -0.2) is 42.6 Å². The van der Waals surface area contributed by atoms with Gasteiger partial charge in [0, 0.05) is 31.7 Å². The highest BCUT2D eigenvalue weighted by Gasteiger charge is 2.12. The Morgan fingerprint density at radius 1 is 1.24 bits per heavy atom. The van der Waals surface area contributed by atoms with E-state index < -0.39 is 0 Å². The van der Waals surface area contributed by atoms with Crippen molar-refractivity contribution in [1.82, 2.24) is 15.6 Å². The monoisotopic (exact) mass is 243 g/mol. The van der Waals surface area contributed by atoms with Gasteiger partial charge >= 0.3 is 0 Å². The van der Waals surface area contributed by atoms with E-state index >= 15 is 0 Å². The number of nitrogens with one attached hydrogen (secondary N) is 2. The highest BCUT2D eigenvalue weighted by molar-refractivity contribution is 5.79. The van der Waals surface area contributed by atoms with Gasteiger partial charge in [-0.3, -0.25) is 15.3 Å². The van der Waals surface area contributed by atoms with Crippen LogP contribution in [0.15, 0.2) is 4.99 Å². The lowest BCUT2D eigenvalue weighted by atomic mass is 10.2. The highest BCUT2D eigenvalue weighted by atomic mass is 15.3. The van der Waals surface area contributed by atoms with E-state index in [4.69, 9.17) is 5.84 Å². The SMILES string of the molecule is CCCN=C(NN)NCCN(C(C)C)C(C)C. The Hall–Kier alpha value is -0.810. The van der Waals surface area contributed by atoms with Crippen molar-refractivity contribution < 1.29 is 0 Å². The molecule has 0 aromatic heterocycles. The van der Waals surface area contributed by atoms with Gasteiger partial charge in [0.05, 0.1) is 0 Å². The summed E-state index contributed by atoms with van der Waals surface area (Å²) in [6.07, 6.45) is 1.02. The smallest absolute Gasteiger partial charge is 0.205 e. The first-order valence-corrected chi connectivity index (χ1v) is 6.53. The predicted molar refractivity (Wildman–Crippen MR) is 74.9 cm³/mol. The molecule has 0 saturated heterocycles. The molecule has 0 unspecified atom stereocenters. The zero-order valence-electron chi connectivity index (χ0n) is 12.0. The van der Waals surface area contributed by atoms with E-state index in [9.17, 15) is 0 Å². The van der Waals surface area contributed by atoms with E-state index in [0.717, 1.165) is 26.1 Å². The summed E-state index contributed by atoms with van der Waals surface area (Å²) in [7, 11) is 0. The Balaban J connectivity index is 4.01. The van der Waals surface area contributed by atoms with Crippen molar-refractivity contribution in [2.45, 2.75) is 53.1 Å². The Morgan fingerprint density at radius 2 is 1.82 bits per heavy atom. The second kappa shape index (κ2) is 9.24. The molecule has 0 spiro atoms. The molecule has 0 saturated carbocycles. The molecule has 0 aliphatic rings. The summed E-state index contributed by atoms with van der Waals surface area (Å²) in [5, 5.41) is 3.22. The molecule has 0 aliphatic heterocycles.